The SMILES string of the molecule is Cc1cc(Oc2ccc(C(C)O)c(Br)c2)cc(C)c1Br. The normalized spacial score (nSPS) is 12.3. The fourth-order valence-corrected chi connectivity index (χ4v) is 2.93. The molecule has 0 radical (unpaired) electrons. The number of halogens is 2. The number of hydrogen-bond acceptors (Lipinski definition) is 2. The van der Waals surface area contributed by atoms with Gasteiger partial charge in [0.15, 0.2) is 0 Å². The Bertz CT molecular complexity index is 613. The summed E-state index contributed by atoms with van der Waals surface area (Å²) in [5, 5.41) is 9.61. The Balaban J connectivity index is 2.29. The lowest BCUT2D eigenvalue weighted by atomic mass is 10.1. The lowest BCUT2D eigenvalue weighted by Gasteiger charge is -2.12. The molecule has 1 N–H and O–H groups in total. The van der Waals surface area contributed by atoms with Gasteiger partial charge in [-0.15, -0.1) is 0 Å². The Morgan fingerprint density at radius 3 is 2.10 bits per heavy atom. The van der Waals surface area contributed by atoms with Crippen LogP contribution < -0.4 is 4.74 Å². The molecule has 4 heteroatoms. The van der Waals surface area contributed by atoms with Gasteiger partial charge >= 0.3 is 0 Å². The van der Waals surface area contributed by atoms with E-state index in [0.29, 0.717) is 0 Å². The molecule has 0 aliphatic heterocycles. The van der Waals surface area contributed by atoms with Gasteiger partial charge < -0.3 is 9.84 Å². The monoisotopic (exact) mass is 398 g/mol. The number of ether oxygens (including phenoxy) is 1. The predicted octanol–water partition coefficient (Wildman–Crippen LogP) is 5.67. The van der Waals surface area contributed by atoms with E-state index in [1.807, 2.05) is 44.2 Å². The molecule has 2 nitrogen and oxygen atoms in total. The van der Waals surface area contributed by atoms with Crippen LogP contribution in [0.1, 0.15) is 29.7 Å². The molecule has 0 saturated carbocycles. The zero-order valence-electron chi connectivity index (χ0n) is 11.6. The van der Waals surface area contributed by atoms with E-state index in [4.69, 9.17) is 4.74 Å². The Hall–Kier alpha value is -0.840. The third kappa shape index (κ3) is 3.43. The van der Waals surface area contributed by atoms with Crippen LogP contribution in [-0.4, -0.2) is 5.11 Å². The van der Waals surface area contributed by atoms with Crippen molar-refractivity contribution in [3.05, 3.63) is 56.0 Å². The highest BCUT2D eigenvalue weighted by Gasteiger charge is 2.09. The van der Waals surface area contributed by atoms with Gasteiger partial charge in [0.2, 0.25) is 0 Å². The van der Waals surface area contributed by atoms with Crippen molar-refractivity contribution in [3.8, 4) is 11.5 Å². The third-order valence-electron chi connectivity index (χ3n) is 3.07. The van der Waals surface area contributed by atoms with Crippen molar-refractivity contribution in [2.75, 3.05) is 0 Å². The predicted molar refractivity (Wildman–Crippen MR) is 88.5 cm³/mol. The topological polar surface area (TPSA) is 29.5 Å². The van der Waals surface area contributed by atoms with Crippen molar-refractivity contribution >= 4 is 31.9 Å². The van der Waals surface area contributed by atoms with Crippen molar-refractivity contribution in [1.82, 2.24) is 0 Å². The number of aliphatic hydroxyl groups excluding tert-OH is 1. The van der Waals surface area contributed by atoms with Crippen molar-refractivity contribution in [2.45, 2.75) is 26.9 Å². The van der Waals surface area contributed by atoms with Gasteiger partial charge in [0, 0.05) is 8.95 Å². The quantitative estimate of drug-likeness (QED) is 0.719. The summed E-state index contributed by atoms with van der Waals surface area (Å²) < 4.78 is 7.83. The molecular formula is C16H16Br2O2. The molecule has 2 aromatic carbocycles. The van der Waals surface area contributed by atoms with Gasteiger partial charge in [-0.05, 0) is 61.7 Å². The van der Waals surface area contributed by atoms with E-state index < -0.39 is 6.10 Å². The van der Waals surface area contributed by atoms with Gasteiger partial charge in [0.05, 0.1) is 6.10 Å². The highest BCUT2D eigenvalue weighted by Crippen LogP contribution is 2.32. The fraction of sp³-hybridized carbons (Fsp3) is 0.250. The molecule has 0 amide bonds. The van der Waals surface area contributed by atoms with Gasteiger partial charge in [-0.2, -0.15) is 0 Å². The molecule has 106 valence electrons. The lowest BCUT2D eigenvalue weighted by Crippen LogP contribution is -1.94. The largest absolute Gasteiger partial charge is 0.457 e. The van der Waals surface area contributed by atoms with E-state index in [9.17, 15) is 5.11 Å². The van der Waals surface area contributed by atoms with Crippen LogP contribution in [0.2, 0.25) is 0 Å². The number of benzene rings is 2. The maximum Gasteiger partial charge on any atom is 0.128 e. The van der Waals surface area contributed by atoms with E-state index in [1.54, 1.807) is 6.92 Å². The molecular weight excluding hydrogens is 384 g/mol. The molecule has 0 aliphatic carbocycles. The molecule has 1 atom stereocenters. The van der Waals surface area contributed by atoms with Crippen molar-refractivity contribution < 1.29 is 9.84 Å². The van der Waals surface area contributed by atoms with Crippen LogP contribution in [0, 0.1) is 13.8 Å². The first-order valence-corrected chi connectivity index (χ1v) is 7.89. The summed E-state index contributed by atoms with van der Waals surface area (Å²) in [6.45, 7) is 5.81. The first-order valence-electron chi connectivity index (χ1n) is 6.30. The van der Waals surface area contributed by atoms with Crippen LogP contribution in [0.4, 0.5) is 0 Å². The summed E-state index contributed by atoms with van der Waals surface area (Å²) >= 11 is 7.00. The van der Waals surface area contributed by atoms with Crippen molar-refractivity contribution in [2.24, 2.45) is 0 Å². The second-order valence-corrected chi connectivity index (χ2v) is 6.48. The molecule has 0 aromatic heterocycles. The van der Waals surface area contributed by atoms with Gasteiger partial charge in [-0.3, -0.25) is 0 Å². The second-order valence-electron chi connectivity index (χ2n) is 4.83. The minimum absolute atomic E-state index is 0.504. The van der Waals surface area contributed by atoms with Crippen molar-refractivity contribution in [3.63, 3.8) is 0 Å². The smallest absolute Gasteiger partial charge is 0.128 e. The van der Waals surface area contributed by atoms with Gasteiger partial charge in [0.25, 0.3) is 0 Å². The molecule has 2 aromatic rings. The van der Waals surface area contributed by atoms with E-state index in [-0.39, 0.29) is 0 Å². The van der Waals surface area contributed by atoms with Gasteiger partial charge in [-0.25, -0.2) is 0 Å². The van der Waals surface area contributed by atoms with Gasteiger partial charge in [-0.1, -0.05) is 37.9 Å². The lowest BCUT2D eigenvalue weighted by molar-refractivity contribution is 0.198. The zero-order valence-corrected chi connectivity index (χ0v) is 14.7. The van der Waals surface area contributed by atoms with Crippen LogP contribution in [0.25, 0.3) is 0 Å². The minimum Gasteiger partial charge on any atom is -0.457 e. The molecule has 0 bridgehead atoms. The molecule has 2 rings (SSSR count). The Kier molecular flexibility index (Phi) is 4.89. The fourth-order valence-electron chi connectivity index (χ4n) is 2.01. The summed E-state index contributed by atoms with van der Waals surface area (Å²) in [4.78, 5) is 0. The molecule has 0 saturated heterocycles. The maximum atomic E-state index is 9.61. The number of aryl methyl sites for hydroxylation is 2. The van der Waals surface area contributed by atoms with E-state index in [2.05, 4.69) is 31.9 Å². The molecule has 0 fully saturated rings. The second kappa shape index (κ2) is 6.29. The number of aliphatic hydroxyl groups is 1. The van der Waals surface area contributed by atoms with Gasteiger partial charge in [0.1, 0.15) is 11.5 Å². The van der Waals surface area contributed by atoms with E-state index >= 15 is 0 Å². The Morgan fingerprint density at radius 2 is 1.60 bits per heavy atom. The highest BCUT2D eigenvalue weighted by atomic mass is 79.9. The summed E-state index contributed by atoms with van der Waals surface area (Å²) in [7, 11) is 0. The Labute approximate surface area is 136 Å². The van der Waals surface area contributed by atoms with Crippen LogP contribution in [-0.2, 0) is 0 Å². The molecule has 0 heterocycles. The van der Waals surface area contributed by atoms with Crippen LogP contribution in [0.3, 0.4) is 0 Å². The minimum atomic E-state index is -0.504. The van der Waals surface area contributed by atoms with Crippen molar-refractivity contribution in [1.29, 1.82) is 0 Å². The van der Waals surface area contributed by atoms with Crippen LogP contribution >= 0.6 is 31.9 Å². The highest BCUT2D eigenvalue weighted by molar-refractivity contribution is 9.10. The first-order chi connectivity index (χ1) is 9.38. The van der Waals surface area contributed by atoms with E-state index in [0.717, 1.165) is 37.1 Å². The van der Waals surface area contributed by atoms with E-state index in [1.165, 1.54) is 0 Å². The molecule has 1 unspecified atom stereocenters. The standard InChI is InChI=1S/C16H16Br2O2/c1-9-6-13(7-10(2)16(9)18)20-12-4-5-14(11(3)19)15(17)8-12/h4-8,11,19H,1-3H3. The van der Waals surface area contributed by atoms with Crippen LogP contribution in [0.5, 0.6) is 11.5 Å². The Morgan fingerprint density at radius 1 is 1.00 bits per heavy atom. The number of rotatable bonds is 3. The molecule has 0 spiro atoms. The zero-order chi connectivity index (χ0) is 14.9. The molecule has 20 heavy (non-hydrogen) atoms. The first kappa shape index (κ1) is 15.5. The van der Waals surface area contributed by atoms with Crippen LogP contribution in [0.15, 0.2) is 39.3 Å². The number of hydrogen-bond donors (Lipinski definition) is 1. The average Bonchev–Trinajstić information content (AvgIpc) is 2.35. The summed E-state index contributed by atoms with van der Waals surface area (Å²) in [6.07, 6.45) is -0.504. The molecule has 0 aliphatic rings. The third-order valence-corrected chi connectivity index (χ3v) is 5.01. The summed E-state index contributed by atoms with van der Waals surface area (Å²) in [6, 6.07) is 9.58. The average molecular weight is 400 g/mol. The summed E-state index contributed by atoms with van der Waals surface area (Å²) in [5.41, 5.74) is 3.12. The summed E-state index contributed by atoms with van der Waals surface area (Å²) in [5.74, 6) is 1.54. The maximum absolute atomic E-state index is 9.61.